The Balaban J connectivity index is 1.90. The van der Waals surface area contributed by atoms with Gasteiger partial charge in [0.1, 0.15) is 6.33 Å². The maximum absolute atomic E-state index is 4.58. The molecule has 2 aromatic heterocycles. The average molecular weight is 298 g/mol. The predicted molar refractivity (Wildman–Crippen MR) is 86.4 cm³/mol. The highest BCUT2D eigenvalue weighted by Crippen LogP contribution is 2.27. The zero-order chi connectivity index (χ0) is 14.8. The number of fused-ring (bicyclic) bond motifs is 1. The van der Waals surface area contributed by atoms with Crippen molar-refractivity contribution in [3.63, 3.8) is 0 Å². The van der Waals surface area contributed by atoms with E-state index in [0.717, 1.165) is 22.1 Å². The molecule has 0 atom stereocenters. The molecule has 0 aliphatic heterocycles. The van der Waals surface area contributed by atoms with Crippen molar-refractivity contribution in [2.24, 2.45) is 0 Å². The van der Waals surface area contributed by atoms with Crippen LogP contribution in [0, 0.1) is 6.92 Å². The fourth-order valence-corrected chi connectivity index (χ4v) is 3.38. The smallest absolute Gasteiger partial charge is 0.191 e. The molecule has 0 saturated carbocycles. The van der Waals surface area contributed by atoms with Crippen LogP contribution in [0.2, 0.25) is 0 Å². The van der Waals surface area contributed by atoms with Crippen LogP contribution in [0.3, 0.4) is 0 Å². The van der Waals surface area contributed by atoms with Gasteiger partial charge in [0.2, 0.25) is 0 Å². The number of para-hydroxylation sites is 1. The molecule has 5 heteroatoms. The van der Waals surface area contributed by atoms with Gasteiger partial charge in [-0.3, -0.25) is 4.98 Å². The molecule has 0 N–H and O–H groups in total. The highest BCUT2D eigenvalue weighted by Gasteiger charge is 2.10. The van der Waals surface area contributed by atoms with Crippen LogP contribution in [-0.2, 0) is 5.75 Å². The first-order valence-corrected chi connectivity index (χ1v) is 8.01. The molecule has 3 aromatic rings. The molecule has 0 saturated heterocycles. The molecule has 4 nitrogen and oxygen atoms in total. The number of hydrogen-bond donors (Lipinski definition) is 0. The lowest BCUT2D eigenvalue weighted by atomic mass is 10.1. The summed E-state index contributed by atoms with van der Waals surface area (Å²) in [7, 11) is 0. The molecular weight excluding hydrogens is 280 g/mol. The molecule has 1 aromatic carbocycles. The third-order valence-electron chi connectivity index (χ3n) is 3.38. The van der Waals surface area contributed by atoms with E-state index in [2.05, 4.69) is 57.9 Å². The Hall–Kier alpha value is -1.88. The normalized spacial score (nSPS) is 11.4. The quantitative estimate of drug-likeness (QED) is 0.683. The summed E-state index contributed by atoms with van der Waals surface area (Å²) in [5.41, 5.74) is 3.40. The van der Waals surface area contributed by atoms with Gasteiger partial charge >= 0.3 is 0 Å². The Bertz CT molecular complexity index is 764. The van der Waals surface area contributed by atoms with Crippen LogP contribution in [0.1, 0.15) is 31.1 Å². The van der Waals surface area contributed by atoms with Crippen molar-refractivity contribution in [1.29, 1.82) is 0 Å². The SMILES string of the molecule is Cc1cc(CSc2nncn2C(C)C)c2ccccc2n1. The minimum Gasteiger partial charge on any atom is -0.306 e. The molecule has 0 bridgehead atoms. The summed E-state index contributed by atoms with van der Waals surface area (Å²) in [4.78, 5) is 4.58. The van der Waals surface area contributed by atoms with Gasteiger partial charge in [-0.25, -0.2) is 0 Å². The fraction of sp³-hybridized carbons (Fsp3) is 0.312. The third-order valence-corrected chi connectivity index (χ3v) is 4.39. The molecule has 21 heavy (non-hydrogen) atoms. The monoisotopic (exact) mass is 298 g/mol. The van der Waals surface area contributed by atoms with Gasteiger partial charge in [-0.2, -0.15) is 0 Å². The van der Waals surface area contributed by atoms with E-state index in [1.807, 2.05) is 13.0 Å². The van der Waals surface area contributed by atoms with Crippen LogP contribution in [0.4, 0.5) is 0 Å². The molecular formula is C16H18N4S. The highest BCUT2D eigenvalue weighted by atomic mass is 32.2. The number of pyridine rings is 1. The molecule has 3 rings (SSSR count). The van der Waals surface area contributed by atoms with Gasteiger partial charge in [0.25, 0.3) is 0 Å². The van der Waals surface area contributed by atoms with Crippen molar-refractivity contribution in [1.82, 2.24) is 19.7 Å². The van der Waals surface area contributed by atoms with Gasteiger partial charge in [0.15, 0.2) is 5.16 Å². The third kappa shape index (κ3) is 2.93. The van der Waals surface area contributed by atoms with E-state index in [1.54, 1.807) is 18.1 Å². The van der Waals surface area contributed by atoms with Crippen molar-refractivity contribution in [2.75, 3.05) is 0 Å². The summed E-state index contributed by atoms with van der Waals surface area (Å²) >= 11 is 1.72. The van der Waals surface area contributed by atoms with Crippen molar-refractivity contribution < 1.29 is 0 Å². The van der Waals surface area contributed by atoms with Crippen LogP contribution in [0.5, 0.6) is 0 Å². The second-order valence-electron chi connectivity index (χ2n) is 5.34. The van der Waals surface area contributed by atoms with Crippen LogP contribution < -0.4 is 0 Å². The number of thioether (sulfide) groups is 1. The van der Waals surface area contributed by atoms with E-state index in [-0.39, 0.29) is 0 Å². The van der Waals surface area contributed by atoms with Crippen molar-refractivity contribution in [2.45, 2.75) is 37.7 Å². The fourth-order valence-electron chi connectivity index (χ4n) is 2.35. The topological polar surface area (TPSA) is 43.6 Å². The van der Waals surface area contributed by atoms with Crippen LogP contribution in [0.15, 0.2) is 41.8 Å². The average Bonchev–Trinajstić information content (AvgIpc) is 2.93. The van der Waals surface area contributed by atoms with Gasteiger partial charge in [-0.15, -0.1) is 10.2 Å². The van der Waals surface area contributed by atoms with Gasteiger partial charge in [0.05, 0.1) is 5.52 Å². The summed E-state index contributed by atoms with van der Waals surface area (Å²) in [6.07, 6.45) is 1.79. The molecule has 2 heterocycles. The predicted octanol–water partition coefficient (Wildman–Crippen LogP) is 4.01. The number of hydrogen-bond acceptors (Lipinski definition) is 4. The van der Waals surface area contributed by atoms with E-state index in [9.17, 15) is 0 Å². The second kappa shape index (κ2) is 5.85. The zero-order valence-electron chi connectivity index (χ0n) is 12.4. The molecule has 0 aliphatic rings. The summed E-state index contributed by atoms with van der Waals surface area (Å²) in [5, 5.41) is 10.4. The highest BCUT2D eigenvalue weighted by molar-refractivity contribution is 7.98. The minimum absolute atomic E-state index is 0.374. The Morgan fingerprint density at radius 2 is 2.05 bits per heavy atom. The molecule has 0 spiro atoms. The molecule has 0 fully saturated rings. The molecule has 0 radical (unpaired) electrons. The van der Waals surface area contributed by atoms with Crippen molar-refractivity contribution in [3.05, 3.63) is 47.9 Å². The number of rotatable bonds is 4. The first kappa shape index (κ1) is 14.1. The first-order chi connectivity index (χ1) is 10.1. The molecule has 108 valence electrons. The van der Waals surface area contributed by atoms with E-state index >= 15 is 0 Å². The number of aryl methyl sites for hydroxylation is 1. The molecule has 0 unspecified atom stereocenters. The summed E-state index contributed by atoms with van der Waals surface area (Å²) in [5.74, 6) is 0.870. The lowest BCUT2D eigenvalue weighted by Gasteiger charge is -2.10. The van der Waals surface area contributed by atoms with E-state index in [1.165, 1.54) is 10.9 Å². The minimum atomic E-state index is 0.374. The van der Waals surface area contributed by atoms with Gasteiger partial charge in [0, 0.05) is 22.9 Å². The standard InChI is InChI=1S/C16H18N4S/c1-11(2)20-10-17-19-16(20)21-9-13-8-12(3)18-15-7-5-4-6-14(13)15/h4-8,10-11H,9H2,1-3H3. The zero-order valence-corrected chi connectivity index (χ0v) is 13.3. The number of nitrogens with zero attached hydrogens (tertiary/aromatic N) is 4. The molecule has 0 amide bonds. The summed E-state index contributed by atoms with van der Waals surface area (Å²) in [6.45, 7) is 6.32. The van der Waals surface area contributed by atoms with E-state index in [0.29, 0.717) is 6.04 Å². The van der Waals surface area contributed by atoms with Gasteiger partial charge in [-0.1, -0.05) is 30.0 Å². The first-order valence-electron chi connectivity index (χ1n) is 7.02. The lowest BCUT2D eigenvalue weighted by molar-refractivity contribution is 0.549. The van der Waals surface area contributed by atoms with Crippen LogP contribution >= 0.6 is 11.8 Å². The largest absolute Gasteiger partial charge is 0.306 e. The Labute approximate surface area is 128 Å². The Morgan fingerprint density at radius 3 is 2.86 bits per heavy atom. The Morgan fingerprint density at radius 1 is 1.24 bits per heavy atom. The van der Waals surface area contributed by atoms with Crippen LogP contribution in [0.25, 0.3) is 10.9 Å². The Kier molecular flexibility index (Phi) is 3.92. The second-order valence-corrected chi connectivity index (χ2v) is 6.29. The van der Waals surface area contributed by atoms with Crippen molar-refractivity contribution in [3.8, 4) is 0 Å². The van der Waals surface area contributed by atoms with Crippen molar-refractivity contribution >= 4 is 22.7 Å². The maximum Gasteiger partial charge on any atom is 0.191 e. The number of benzene rings is 1. The molecule has 0 aliphatic carbocycles. The number of aromatic nitrogens is 4. The van der Waals surface area contributed by atoms with Crippen LogP contribution in [-0.4, -0.2) is 19.7 Å². The summed E-state index contributed by atoms with van der Waals surface area (Å²) in [6, 6.07) is 10.8. The lowest BCUT2D eigenvalue weighted by Crippen LogP contribution is -2.01. The summed E-state index contributed by atoms with van der Waals surface area (Å²) < 4.78 is 2.10. The van der Waals surface area contributed by atoms with Gasteiger partial charge in [-0.05, 0) is 38.5 Å². The van der Waals surface area contributed by atoms with Gasteiger partial charge < -0.3 is 4.57 Å². The van der Waals surface area contributed by atoms with E-state index < -0.39 is 0 Å². The van der Waals surface area contributed by atoms with E-state index in [4.69, 9.17) is 0 Å². The maximum atomic E-state index is 4.58.